The van der Waals surface area contributed by atoms with Crippen molar-refractivity contribution in [2.24, 2.45) is 0 Å². The number of nitrogens with one attached hydrogen (secondary N) is 1. The number of amides is 1. The summed E-state index contributed by atoms with van der Waals surface area (Å²) in [5, 5.41) is 2.87. The van der Waals surface area contributed by atoms with Crippen LogP contribution in [0.25, 0.3) is 0 Å². The zero-order chi connectivity index (χ0) is 21.2. The Morgan fingerprint density at radius 1 is 0.933 bits per heavy atom. The van der Waals surface area contributed by atoms with E-state index in [0.717, 1.165) is 22.4 Å². The van der Waals surface area contributed by atoms with Gasteiger partial charge >= 0.3 is 6.61 Å². The van der Waals surface area contributed by atoms with Gasteiger partial charge in [-0.3, -0.25) is 9.78 Å². The molecule has 3 rings (SSSR count). The summed E-state index contributed by atoms with van der Waals surface area (Å²) >= 11 is 0. The summed E-state index contributed by atoms with van der Waals surface area (Å²) in [5.41, 5.74) is 2.83. The van der Waals surface area contributed by atoms with Crippen LogP contribution in [0.3, 0.4) is 0 Å². The highest BCUT2D eigenvalue weighted by Crippen LogP contribution is 2.16. The molecule has 0 unspecified atom stereocenters. The molecule has 0 radical (unpaired) electrons. The highest BCUT2D eigenvalue weighted by molar-refractivity contribution is 5.76. The fourth-order valence-electron chi connectivity index (χ4n) is 2.74. The number of aryl methyl sites for hydroxylation is 1. The standard InChI is InChI=1S/C23H22F2N2O3/c24-23(25)30-21-10-3-17(4-11-21)7-12-22(28)27-15-18-5-8-20(9-6-18)29-16-19-2-1-13-26-14-19/h1-6,8-11,13-14,23H,7,12,15-16H2,(H,27,28). The van der Waals surface area contributed by atoms with Gasteiger partial charge in [-0.25, -0.2) is 0 Å². The van der Waals surface area contributed by atoms with Crippen molar-refractivity contribution in [3.05, 3.63) is 89.7 Å². The number of alkyl halides is 2. The van der Waals surface area contributed by atoms with E-state index in [9.17, 15) is 13.6 Å². The normalized spacial score (nSPS) is 10.6. The van der Waals surface area contributed by atoms with Crippen LogP contribution in [0.5, 0.6) is 11.5 Å². The number of hydrogen-bond acceptors (Lipinski definition) is 4. The van der Waals surface area contributed by atoms with Crippen LogP contribution in [0.15, 0.2) is 73.1 Å². The molecule has 0 aliphatic rings. The number of carbonyl (C=O) groups excluding carboxylic acids is 1. The fraction of sp³-hybridized carbons (Fsp3) is 0.217. The van der Waals surface area contributed by atoms with Gasteiger partial charge in [-0.2, -0.15) is 8.78 Å². The van der Waals surface area contributed by atoms with Crippen LogP contribution in [0.2, 0.25) is 0 Å². The van der Waals surface area contributed by atoms with E-state index in [1.54, 1.807) is 24.5 Å². The Morgan fingerprint density at radius 2 is 1.63 bits per heavy atom. The average Bonchev–Trinajstić information content (AvgIpc) is 2.77. The molecule has 0 bridgehead atoms. The average molecular weight is 412 g/mol. The predicted octanol–water partition coefficient (Wildman–Crippen LogP) is 4.51. The lowest BCUT2D eigenvalue weighted by Gasteiger charge is -2.09. The Morgan fingerprint density at radius 3 is 2.30 bits per heavy atom. The molecule has 3 aromatic rings. The summed E-state index contributed by atoms with van der Waals surface area (Å²) in [6.07, 6.45) is 4.30. The number of ether oxygens (including phenoxy) is 2. The first-order chi connectivity index (χ1) is 14.6. The Hall–Kier alpha value is -3.48. The maximum atomic E-state index is 12.1. The van der Waals surface area contributed by atoms with Crippen molar-refractivity contribution in [2.45, 2.75) is 32.6 Å². The van der Waals surface area contributed by atoms with Gasteiger partial charge in [0, 0.05) is 30.9 Å². The van der Waals surface area contributed by atoms with Crippen LogP contribution in [-0.2, 0) is 24.4 Å². The molecule has 1 amide bonds. The Bertz CT molecular complexity index is 917. The second kappa shape index (κ2) is 10.9. The van der Waals surface area contributed by atoms with Crippen LogP contribution < -0.4 is 14.8 Å². The van der Waals surface area contributed by atoms with Crippen molar-refractivity contribution >= 4 is 5.91 Å². The summed E-state index contributed by atoms with van der Waals surface area (Å²) in [6.45, 7) is -1.98. The SMILES string of the molecule is O=C(CCc1ccc(OC(F)F)cc1)NCc1ccc(OCc2cccnc2)cc1. The molecule has 0 saturated heterocycles. The molecular formula is C23H22F2N2O3. The smallest absolute Gasteiger partial charge is 0.387 e. The van der Waals surface area contributed by atoms with Crippen molar-refractivity contribution in [3.63, 3.8) is 0 Å². The molecule has 0 aliphatic carbocycles. The van der Waals surface area contributed by atoms with Crippen molar-refractivity contribution in [2.75, 3.05) is 0 Å². The molecule has 30 heavy (non-hydrogen) atoms. The Labute approximate surface area is 173 Å². The van der Waals surface area contributed by atoms with E-state index in [2.05, 4.69) is 15.0 Å². The van der Waals surface area contributed by atoms with Crippen molar-refractivity contribution in [1.82, 2.24) is 10.3 Å². The number of rotatable bonds is 10. The highest BCUT2D eigenvalue weighted by atomic mass is 19.3. The molecule has 7 heteroatoms. The third-order valence-electron chi connectivity index (χ3n) is 4.33. The van der Waals surface area contributed by atoms with E-state index in [0.29, 0.717) is 26.0 Å². The third-order valence-corrected chi connectivity index (χ3v) is 4.33. The zero-order valence-electron chi connectivity index (χ0n) is 16.3. The fourth-order valence-corrected chi connectivity index (χ4v) is 2.74. The molecule has 1 aromatic heterocycles. The molecule has 156 valence electrons. The van der Waals surface area contributed by atoms with Crippen LogP contribution in [0, 0.1) is 0 Å². The number of nitrogens with zero attached hydrogens (tertiary/aromatic N) is 1. The highest BCUT2D eigenvalue weighted by Gasteiger charge is 2.06. The lowest BCUT2D eigenvalue weighted by Crippen LogP contribution is -2.22. The quantitative estimate of drug-likeness (QED) is 0.532. The largest absolute Gasteiger partial charge is 0.489 e. The minimum atomic E-state index is -2.84. The third kappa shape index (κ3) is 7.16. The Balaban J connectivity index is 1.38. The molecule has 5 nitrogen and oxygen atoms in total. The molecule has 1 N–H and O–H groups in total. The van der Waals surface area contributed by atoms with Gasteiger partial charge in [-0.1, -0.05) is 30.3 Å². The lowest BCUT2D eigenvalue weighted by molar-refractivity contribution is -0.121. The van der Waals surface area contributed by atoms with Crippen LogP contribution in [0.1, 0.15) is 23.1 Å². The van der Waals surface area contributed by atoms with Gasteiger partial charge in [0.15, 0.2) is 0 Å². The second-order valence-electron chi connectivity index (χ2n) is 6.59. The second-order valence-corrected chi connectivity index (χ2v) is 6.59. The van der Waals surface area contributed by atoms with Crippen LogP contribution >= 0.6 is 0 Å². The molecule has 0 saturated carbocycles. The molecule has 0 spiro atoms. The van der Waals surface area contributed by atoms with Crippen molar-refractivity contribution in [3.8, 4) is 11.5 Å². The molecule has 0 atom stereocenters. The number of hydrogen-bond donors (Lipinski definition) is 1. The first-order valence-electron chi connectivity index (χ1n) is 9.49. The molecule has 1 heterocycles. The van der Waals surface area contributed by atoms with Gasteiger partial charge in [0.25, 0.3) is 0 Å². The number of pyridine rings is 1. The zero-order valence-corrected chi connectivity index (χ0v) is 16.3. The number of carbonyl (C=O) groups is 1. The van der Waals surface area contributed by atoms with Crippen LogP contribution in [-0.4, -0.2) is 17.5 Å². The minimum Gasteiger partial charge on any atom is -0.489 e. The molecular weight excluding hydrogens is 390 g/mol. The van der Waals surface area contributed by atoms with Gasteiger partial charge < -0.3 is 14.8 Å². The maximum absolute atomic E-state index is 12.1. The van der Waals surface area contributed by atoms with Crippen molar-refractivity contribution < 1.29 is 23.0 Å². The lowest BCUT2D eigenvalue weighted by atomic mass is 10.1. The monoisotopic (exact) mass is 412 g/mol. The predicted molar refractivity (Wildman–Crippen MR) is 108 cm³/mol. The Kier molecular flexibility index (Phi) is 7.71. The van der Waals surface area contributed by atoms with Gasteiger partial charge in [-0.05, 0) is 47.9 Å². The number of aromatic nitrogens is 1. The van der Waals surface area contributed by atoms with E-state index < -0.39 is 6.61 Å². The van der Waals surface area contributed by atoms with Gasteiger partial charge in [-0.15, -0.1) is 0 Å². The van der Waals surface area contributed by atoms with E-state index >= 15 is 0 Å². The summed E-state index contributed by atoms with van der Waals surface area (Å²) in [7, 11) is 0. The molecule has 2 aromatic carbocycles. The van der Waals surface area contributed by atoms with E-state index in [-0.39, 0.29) is 11.7 Å². The molecule has 0 aliphatic heterocycles. The van der Waals surface area contributed by atoms with E-state index in [4.69, 9.17) is 4.74 Å². The summed E-state index contributed by atoms with van der Waals surface area (Å²) in [6, 6.07) is 17.6. The topological polar surface area (TPSA) is 60.5 Å². The minimum absolute atomic E-state index is 0.0835. The first kappa shape index (κ1) is 21.2. The maximum Gasteiger partial charge on any atom is 0.387 e. The van der Waals surface area contributed by atoms with Crippen molar-refractivity contribution in [1.29, 1.82) is 0 Å². The van der Waals surface area contributed by atoms with Gasteiger partial charge in [0.2, 0.25) is 5.91 Å². The first-order valence-corrected chi connectivity index (χ1v) is 9.49. The number of halogens is 2. The van der Waals surface area contributed by atoms with Gasteiger partial charge in [0.1, 0.15) is 18.1 Å². The van der Waals surface area contributed by atoms with E-state index in [1.807, 2.05) is 36.4 Å². The summed E-state index contributed by atoms with van der Waals surface area (Å²) < 4.78 is 34.3. The summed E-state index contributed by atoms with van der Waals surface area (Å²) in [4.78, 5) is 16.1. The van der Waals surface area contributed by atoms with E-state index in [1.165, 1.54) is 12.1 Å². The summed E-state index contributed by atoms with van der Waals surface area (Å²) in [5.74, 6) is 0.763. The number of benzene rings is 2. The van der Waals surface area contributed by atoms with Gasteiger partial charge in [0.05, 0.1) is 0 Å². The molecule has 0 fully saturated rings. The van der Waals surface area contributed by atoms with Crippen LogP contribution in [0.4, 0.5) is 8.78 Å².